The maximum Gasteiger partial charge on any atom is 0.323 e. The van der Waals surface area contributed by atoms with Crippen molar-refractivity contribution < 1.29 is 9.90 Å². The summed E-state index contributed by atoms with van der Waals surface area (Å²) in [6, 6.07) is 0. The SMILES string of the molecule is CCNC(C)(CCCN1CCC(CC)(CC)C1)C(=O)O. The monoisotopic (exact) mass is 284 g/mol. The fourth-order valence-corrected chi connectivity index (χ4v) is 3.36. The number of hydrogen-bond acceptors (Lipinski definition) is 3. The van der Waals surface area contributed by atoms with Crippen LogP contribution in [0, 0.1) is 5.41 Å². The van der Waals surface area contributed by atoms with Gasteiger partial charge in [-0.05, 0) is 64.1 Å². The van der Waals surface area contributed by atoms with Crippen LogP contribution in [0.4, 0.5) is 0 Å². The molecule has 0 saturated carbocycles. The zero-order valence-corrected chi connectivity index (χ0v) is 13.7. The number of rotatable bonds is 9. The molecule has 0 aromatic rings. The Kier molecular flexibility index (Phi) is 6.46. The maximum absolute atomic E-state index is 11.4. The lowest BCUT2D eigenvalue weighted by Gasteiger charge is -2.28. The van der Waals surface area contributed by atoms with Crippen LogP contribution in [0.15, 0.2) is 0 Å². The molecule has 1 saturated heterocycles. The lowest BCUT2D eigenvalue weighted by molar-refractivity contribution is -0.144. The second-order valence-electron chi connectivity index (χ2n) is 6.50. The number of carbonyl (C=O) groups is 1. The van der Waals surface area contributed by atoms with Gasteiger partial charge in [0.1, 0.15) is 5.54 Å². The van der Waals surface area contributed by atoms with Crippen LogP contribution >= 0.6 is 0 Å². The molecule has 4 nitrogen and oxygen atoms in total. The summed E-state index contributed by atoms with van der Waals surface area (Å²) in [5.74, 6) is -0.739. The minimum Gasteiger partial charge on any atom is -0.480 e. The summed E-state index contributed by atoms with van der Waals surface area (Å²) >= 11 is 0. The van der Waals surface area contributed by atoms with Crippen LogP contribution in [0.25, 0.3) is 0 Å². The molecule has 0 amide bonds. The van der Waals surface area contributed by atoms with Gasteiger partial charge in [0, 0.05) is 6.54 Å². The lowest BCUT2D eigenvalue weighted by Crippen LogP contribution is -2.49. The highest BCUT2D eigenvalue weighted by Gasteiger charge is 2.35. The van der Waals surface area contributed by atoms with Gasteiger partial charge in [-0.15, -0.1) is 0 Å². The predicted octanol–water partition coefficient (Wildman–Crippen LogP) is 2.73. The van der Waals surface area contributed by atoms with Gasteiger partial charge < -0.3 is 15.3 Å². The average Bonchev–Trinajstić information content (AvgIpc) is 2.83. The van der Waals surface area contributed by atoms with Crippen molar-refractivity contribution in [3.05, 3.63) is 0 Å². The fraction of sp³-hybridized carbons (Fsp3) is 0.938. The van der Waals surface area contributed by atoms with Crippen LogP contribution in [-0.4, -0.2) is 47.7 Å². The molecule has 0 aromatic heterocycles. The number of likely N-dealkylation sites (N-methyl/N-ethyl adjacent to an activating group) is 1. The van der Waals surface area contributed by atoms with Crippen molar-refractivity contribution in [1.82, 2.24) is 10.2 Å². The molecule has 1 unspecified atom stereocenters. The van der Waals surface area contributed by atoms with Crippen molar-refractivity contribution >= 4 is 5.97 Å². The topological polar surface area (TPSA) is 52.6 Å². The molecule has 4 heteroatoms. The highest BCUT2D eigenvalue weighted by atomic mass is 16.4. The van der Waals surface area contributed by atoms with Crippen LogP contribution in [0.2, 0.25) is 0 Å². The first kappa shape index (κ1) is 17.4. The molecule has 1 fully saturated rings. The van der Waals surface area contributed by atoms with Crippen LogP contribution in [-0.2, 0) is 4.79 Å². The number of nitrogens with one attached hydrogen (secondary N) is 1. The highest BCUT2D eigenvalue weighted by molar-refractivity contribution is 5.78. The Morgan fingerprint density at radius 3 is 2.45 bits per heavy atom. The van der Waals surface area contributed by atoms with Gasteiger partial charge >= 0.3 is 5.97 Å². The Morgan fingerprint density at radius 1 is 1.35 bits per heavy atom. The van der Waals surface area contributed by atoms with Gasteiger partial charge in [0.05, 0.1) is 0 Å². The first-order chi connectivity index (χ1) is 9.41. The summed E-state index contributed by atoms with van der Waals surface area (Å²) in [6.07, 6.45) is 5.44. The largest absolute Gasteiger partial charge is 0.480 e. The molecule has 0 bridgehead atoms. The molecule has 1 aliphatic rings. The zero-order chi connectivity index (χ0) is 15.2. The van der Waals surface area contributed by atoms with Gasteiger partial charge in [-0.2, -0.15) is 0 Å². The third kappa shape index (κ3) is 4.19. The van der Waals surface area contributed by atoms with Gasteiger partial charge in [-0.3, -0.25) is 4.79 Å². The highest BCUT2D eigenvalue weighted by Crippen LogP contribution is 2.37. The number of likely N-dealkylation sites (tertiary alicyclic amines) is 1. The molecule has 118 valence electrons. The van der Waals surface area contributed by atoms with E-state index in [4.69, 9.17) is 0 Å². The molecular formula is C16H32N2O2. The van der Waals surface area contributed by atoms with Crippen molar-refractivity contribution in [3.8, 4) is 0 Å². The first-order valence-electron chi connectivity index (χ1n) is 8.12. The summed E-state index contributed by atoms with van der Waals surface area (Å²) in [6.45, 7) is 12.4. The quantitative estimate of drug-likeness (QED) is 0.683. The molecule has 0 aliphatic carbocycles. The molecule has 2 N–H and O–H groups in total. The second-order valence-corrected chi connectivity index (χ2v) is 6.50. The Bertz CT molecular complexity index is 316. The summed E-state index contributed by atoms with van der Waals surface area (Å²) < 4.78 is 0. The zero-order valence-electron chi connectivity index (χ0n) is 13.7. The van der Waals surface area contributed by atoms with Crippen molar-refractivity contribution in [2.24, 2.45) is 5.41 Å². The Labute approximate surface area is 123 Å². The third-order valence-electron chi connectivity index (χ3n) is 5.21. The summed E-state index contributed by atoms with van der Waals surface area (Å²) in [7, 11) is 0. The normalized spacial score (nSPS) is 21.8. The molecule has 1 heterocycles. The standard InChI is InChI=1S/C16H32N2O2/c1-5-16(6-2)10-12-18(13-16)11-8-9-15(4,14(19)20)17-7-3/h17H,5-13H2,1-4H3,(H,19,20). The first-order valence-corrected chi connectivity index (χ1v) is 8.12. The predicted molar refractivity (Wildman–Crippen MR) is 83.0 cm³/mol. The van der Waals surface area contributed by atoms with E-state index in [1.165, 1.54) is 32.4 Å². The van der Waals surface area contributed by atoms with Gasteiger partial charge in [0.2, 0.25) is 0 Å². The molecule has 1 rings (SSSR count). The molecule has 1 aliphatic heterocycles. The summed E-state index contributed by atoms with van der Waals surface area (Å²) in [5.41, 5.74) is -0.265. The van der Waals surface area contributed by atoms with E-state index in [2.05, 4.69) is 24.1 Å². The smallest absolute Gasteiger partial charge is 0.323 e. The van der Waals surface area contributed by atoms with E-state index in [1.807, 2.05) is 6.92 Å². The number of carboxylic acid groups (broad SMARTS) is 1. The van der Waals surface area contributed by atoms with Gasteiger partial charge in [0.15, 0.2) is 0 Å². The third-order valence-corrected chi connectivity index (χ3v) is 5.21. The molecule has 0 aromatic carbocycles. The molecular weight excluding hydrogens is 252 g/mol. The van der Waals surface area contributed by atoms with Crippen LogP contribution in [0.5, 0.6) is 0 Å². The summed E-state index contributed by atoms with van der Waals surface area (Å²) in [4.78, 5) is 13.9. The van der Waals surface area contributed by atoms with Gasteiger partial charge in [-0.25, -0.2) is 0 Å². The Hall–Kier alpha value is -0.610. The number of nitrogens with zero attached hydrogens (tertiary/aromatic N) is 1. The second kappa shape index (κ2) is 7.41. The van der Waals surface area contributed by atoms with Crippen LogP contribution < -0.4 is 5.32 Å². The van der Waals surface area contributed by atoms with Gasteiger partial charge in [0.25, 0.3) is 0 Å². The summed E-state index contributed by atoms with van der Waals surface area (Å²) in [5, 5.41) is 12.4. The molecule has 20 heavy (non-hydrogen) atoms. The lowest BCUT2D eigenvalue weighted by atomic mass is 9.82. The number of aliphatic carboxylic acids is 1. The molecule has 0 radical (unpaired) electrons. The average molecular weight is 284 g/mol. The van der Waals surface area contributed by atoms with E-state index >= 15 is 0 Å². The Balaban J connectivity index is 2.40. The van der Waals surface area contributed by atoms with Crippen molar-refractivity contribution in [2.75, 3.05) is 26.2 Å². The van der Waals surface area contributed by atoms with E-state index < -0.39 is 11.5 Å². The minimum absolute atomic E-state index is 0.512. The number of hydrogen-bond donors (Lipinski definition) is 2. The fourth-order valence-electron chi connectivity index (χ4n) is 3.36. The van der Waals surface area contributed by atoms with Crippen LogP contribution in [0.1, 0.15) is 59.8 Å². The van der Waals surface area contributed by atoms with E-state index in [0.29, 0.717) is 18.4 Å². The van der Waals surface area contributed by atoms with E-state index in [1.54, 1.807) is 6.92 Å². The van der Waals surface area contributed by atoms with E-state index in [0.717, 1.165) is 13.0 Å². The van der Waals surface area contributed by atoms with Gasteiger partial charge in [-0.1, -0.05) is 20.8 Å². The molecule has 0 spiro atoms. The van der Waals surface area contributed by atoms with Crippen molar-refractivity contribution in [2.45, 2.75) is 65.3 Å². The number of carboxylic acids is 1. The van der Waals surface area contributed by atoms with E-state index in [-0.39, 0.29) is 0 Å². The Morgan fingerprint density at radius 2 is 2.00 bits per heavy atom. The minimum atomic E-state index is -0.777. The maximum atomic E-state index is 11.4. The molecule has 1 atom stereocenters. The van der Waals surface area contributed by atoms with Crippen molar-refractivity contribution in [1.29, 1.82) is 0 Å². The van der Waals surface area contributed by atoms with Crippen LogP contribution in [0.3, 0.4) is 0 Å². The van der Waals surface area contributed by atoms with E-state index in [9.17, 15) is 9.90 Å². The van der Waals surface area contributed by atoms with Crippen molar-refractivity contribution in [3.63, 3.8) is 0 Å².